The second-order valence-electron chi connectivity index (χ2n) is 5.31. The molecular formula is C18H18N2O2S2. The van der Waals surface area contributed by atoms with E-state index in [4.69, 9.17) is 0 Å². The Kier molecular flexibility index (Phi) is 4.99. The van der Waals surface area contributed by atoms with Gasteiger partial charge in [-0.2, -0.15) is 0 Å². The minimum Gasteiger partial charge on any atom is -0.316 e. The molecule has 0 saturated carbocycles. The quantitative estimate of drug-likeness (QED) is 0.702. The van der Waals surface area contributed by atoms with Crippen molar-refractivity contribution in [2.45, 2.75) is 11.4 Å². The van der Waals surface area contributed by atoms with Crippen molar-refractivity contribution in [1.29, 1.82) is 0 Å². The number of sulfonamides is 1. The maximum atomic E-state index is 12.7. The summed E-state index contributed by atoms with van der Waals surface area (Å²) in [5.74, 6) is 0. The summed E-state index contributed by atoms with van der Waals surface area (Å²) in [5, 5.41) is 5.06. The van der Waals surface area contributed by atoms with Crippen molar-refractivity contribution in [3.63, 3.8) is 0 Å². The van der Waals surface area contributed by atoms with Gasteiger partial charge in [0.2, 0.25) is 0 Å². The lowest BCUT2D eigenvalue weighted by molar-refractivity contribution is 0.601. The number of thiophene rings is 1. The fourth-order valence-corrected chi connectivity index (χ4v) is 4.30. The first kappa shape index (κ1) is 16.7. The van der Waals surface area contributed by atoms with Gasteiger partial charge in [-0.15, -0.1) is 11.3 Å². The molecule has 124 valence electrons. The zero-order valence-corrected chi connectivity index (χ0v) is 14.8. The van der Waals surface area contributed by atoms with Crippen LogP contribution >= 0.6 is 11.3 Å². The summed E-state index contributed by atoms with van der Waals surface area (Å²) in [7, 11) is -1.76. The first-order chi connectivity index (χ1) is 11.6. The first-order valence-electron chi connectivity index (χ1n) is 7.49. The summed E-state index contributed by atoms with van der Waals surface area (Å²) >= 11 is 1.58. The molecule has 6 heteroatoms. The largest absolute Gasteiger partial charge is 0.316 e. The molecule has 0 aliphatic heterocycles. The van der Waals surface area contributed by atoms with Crippen molar-refractivity contribution >= 4 is 27.0 Å². The fraction of sp³-hybridized carbons (Fsp3) is 0.111. The van der Waals surface area contributed by atoms with E-state index in [-0.39, 0.29) is 4.90 Å². The van der Waals surface area contributed by atoms with Crippen LogP contribution in [-0.2, 0) is 16.6 Å². The van der Waals surface area contributed by atoms with Gasteiger partial charge in [-0.25, -0.2) is 8.42 Å². The lowest BCUT2D eigenvalue weighted by Crippen LogP contribution is -2.14. The van der Waals surface area contributed by atoms with Gasteiger partial charge in [0.1, 0.15) is 0 Å². The van der Waals surface area contributed by atoms with E-state index in [9.17, 15) is 8.42 Å². The van der Waals surface area contributed by atoms with Crippen LogP contribution in [0.3, 0.4) is 0 Å². The van der Waals surface area contributed by atoms with E-state index in [1.54, 1.807) is 41.7 Å². The Balaban J connectivity index is 2.03. The molecule has 0 bridgehead atoms. The Bertz CT molecular complexity index is 905. The molecule has 0 fully saturated rings. The third kappa shape index (κ3) is 3.67. The first-order valence-corrected chi connectivity index (χ1v) is 9.86. The van der Waals surface area contributed by atoms with Gasteiger partial charge in [-0.05, 0) is 42.3 Å². The van der Waals surface area contributed by atoms with Gasteiger partial charge in [0.05, 0.1) is 10.6 Å². The van der Waals surface area contributed by atoms with Crippen LogP contribution in [0.4, 0.5) is 5.69 Å². The molecule has 24 heavy (non-hydrogen) atoms. The minimum atomic E-state index is -3.62. The van der Waals surface area contributed by atoms with Crippen molar-refractivity contribution < 1.29 is 8.42 Å². The summed E-state index contributed by atoms with van der Waals surface area (Å²) < 4.78 is 28.1. The lowest BCUT2D eigenvalue weighted by atomic mass is 10.1. The normalized spacial score (nSPS) is 11.4. The van der Waals surface area contributed by atoms with E-state index in [1.807, 2.05) is 42.8 Å². The van der Waals surface area contributed by atoms with Crippen molar-refractivity contribution in [2.75, 3.05) is 11.8 Å². The molecule has 0 amide bonds. The highest BCUT2D eigenvalue weighted by Gasteiger charge is 2.17. The van der Waals surface area contributed by atoms with Gasteiger partial charge in [0, 0.05) is 17.0 Å². The molecule has 1 aromatic heterocycles. The fourth-order valence-electron chi connectivity index (χ4n) is 2.44. The van der Waals surface area contributed by atoms with Crippen LogP contribution in [0, 0.1) is 0 Å². The molecule has 0 atom stereocenters. The Hall–Kier alpha value is -2.15. The second kappa shape index (κ2) is 7.17. The third-order valence-corrected chi connectivity index (χ3v) is 5.83. The van der Waals surface area contributed by atoms with Gasteiger partial charge in [-0.1, -0.05) is 36.4 Å². The molecule has 2 aromatic carbocycles. The van der Waals surface area contributed by atoms with E-state index in [0.717, 1.165) is 16.0 Å². The Morgan fingerprint density at radius 1 is 1.00 bits per heavy atom. The number of hydrogen-bond acceptors (Lipinski definition) is 4. The maximum absolute atomic E-state index is 12.7. The molecule has 1 heterocycles. The number of anilines is 1. The van der Waals surface area contributed by atoms with Crippen molar-refractivity contribution in [2.24, 2.45) is 0 Å². The van der Waals surface area contributed by atoms with Crippen molar-refractivity contribution in [3.05, 3.63) is 71.6 Å². The predicted octanol–water partition coefficient (Wildman–Crippen LogP) is 3.94. The van der Waals surface area contributed by atoms with Crippen LogP contribution in [-0.4, -0.2) is 15.5 Å². The number of nitrogens with one attached hydrogen (secondary N) is 2. The van der Waals surface area contributed by atoms with Gasteiger partial charge < -0.3 is 5.32 Å². The highest BCUT2D eigenvalue weighted by Crippen LogP contribution is 2.33. The number of hydrogen-bond donors (Lipinski definition) is 2. The molecule has 0 spiro atoms. The molecule has 0 radical (unpaired) electrons. The topological polar surface area (TPSA) is 58.2 Å². The summed E-state index contributed by atoms with van der Waals surface area (Å²) in [4.78, 5) is 1.28. The molecule has 0 saturated heterocycles. The van der Waals surface area contributed by atoms with Crippen LogP contribution in [0.2, 0.25) is 0 Å². The van der Waals surface area contributed by atoms with E-state index < -0.39 is 10.0 Å². The van der Waals surface area contributed by atoms with Crippen LogP contribution in [0.1, 0.15) is 5.56 Å². The summed E-state index contributed by atoms with van der Waals surface area (Å²) in [5.41, 5.74) is 2.49. The van der Waals surface area contributed by atoms with E-state index >= 15 is 0 Å². The zero-order valence-electron chi connectivity index (χ0n) is 13.2. The van der Waals surface area contributed by atoms with Crippen LogP contribution in [0.25, 0.3) is 10.4 Å². The minimum absolute atomic E-state index is 0.251. The summed E-state index contributed by atoms with van der Waals surface area (Å²) in [6.45, 7) is 0.671. The smallest absolute Gasteiger partial charge is 0.261 e. The zero-order chi connectivity index (χ0) is 17.0. The highest BCUT2D eigenvalue weighted by atomic mass is 32.2. The van der Waals surface area contributed by atoms with Crippen molar-refractivity contribution in [3.8, 4) is 10.4 Å². The van der Waals surface area contributed by atoms with Crippen LogP contribution in [0.15, 0.2) is 70.9 Å². The Morgan fingerprint density at radius 2 is 1.79 bits per heavy atom. The van der Waals surface area contributed by atoms with E-state index in [2.05, 4.69) is 10.0 Å². The van der Waals surface area contributed by atoms with Gasteiger partial charge in [0.15, 0.2) is 0 Å². The number of rotatable bonds is 6. The van der Waals surface area contributed by atoms with Crippen molar-refractivity contribution in [1.82, 2.24) is 5.32 Å². The molecule has 0 aliphatic rings. The highest BCUT2D eigenvalue weighted by molar-refractivity contribution is 7.92. The lowest BCUT2D eigenvalue weighted by Gasteiger charge is -2.14. The van der Waals surface area contributed by atoms with E-state index in [0.29, 0.717) is 12.2 Å². The van der Waals surface area contributed by atoms with Gasteiger partial charge in [-0.3, -0.25) is 4.72 Å². The molecule has 3 aromatic rings. The number of benzene rings is 2. The summed E-state index contributed by atoms with van der Waals surface area (Å²) in [6, 6.07) is 18.2. The average molecular weight is 358 g/mol. The predicted molar refractivity (Wildman–Crippen MR) is 99.8 cm³/mol. The molecule has 3 rings (SSSR count). The van der Waals surface area contributed by atoms with Crippen LogP contribution < -0.4 is 10.0 Å². The monoisotopic (exact) mass is 358 g/mol. The Labute approximate surface area is 146 Å². The van der Waals surface area contributed by atoms with E-state index in [1.165, 1.54) is 0 Å². The Morgan fingerprint density at radius 3 is 2.46 bits per heavy atom. The van der Waals surface area contributed by atoms with Gasteiger partial charge in [0.25, 0.3) is 10.0 Å². The standard InChI is InChI=1S/C18H18N2O2S2/c1-19-13-14-9-10-16(18-8-5-11-23-18)17(12-14)20-24(21,22)15-6-3-2-4-7-15/h2-12,19-20H,13H2,1H3. The molecule has 0 unspecified atom stereocenters. The molecule has 0 aliphatic carbocycles. The maximum Gasteiger partial charge on any atom is 0.261 e. The van der Waals surface area contributed by atoms with Gasteiger partial charge >= 0.3 is 0 Å². The average Bonchev–Trinajstić information content (AvgIpc) is 3.10. The molecule has 4 nitrogen and oxygen atoms in total. The summed E-state index contributed by atoms with van der Waals surface area (Å²) in [6.07, 6.45) is 0. The SMILES string of the molecule is CNCc1ccc(-c2cccs2)c(NS(=O)(=O)c2ccccc2)c1. The second-order valence-corrected chi connectivity index (χ2v) is 7.94. The third-order valence-electron chi connectivity index (χ3n) is 3.55. The molecular weight excluding hydrogens is 340 g/mol. The van der Waals surface area contributed by atoms with Crippen LogP contribution in [0.5, 0.6) is 0 Å². The molecule has 2 N–H and O–H groups in total.